The van der Waals surface area contributed by atoms with Crippen molar-refractivity contribution in [2.45, 2.75) is 58.4 Å². The maximum absolute atomic E-state index is 9.72. The molecular formula is C17H27NO. The second-order valence-corrected chi connectivity index (χ2v) is 6.21. The summed E-state index contributed by atoms with van der Waals surface area (Å²) in [5.74, 6) is 1.02. The molecule has 0 amide bonds. The molecule has 1 N–H and O–H groups in total. The Labute approximate surface area is 117 Å². The van der Waals surface area contributed by atoms with E-state index in [1.165, 1.54) is 44.2 Å². The van der Waals surface area contributed by atoms with E-state index in [0.29, 0.717) is 17.7 Å². The first-order chi connectivity index (χ1) is 9.16. The molecule has 0 atom stereocenters. The number of anilines is 1. The van der Waals surface area contributed by atoms with Gasteiger partial charge in [-0.05, 0) is 30.9 Å². The van der Waals surface area contributed by atoms with Crippen LogP contribution in [0.3, 0.4) is 0 Å². The number of benzene rings is 1. The number of phenols is 1. The van der Waals surface area contributed by atoms with Gasteiger partial charge >= 0.3 is 0 Å². The second-order valence-electron chi connectivity index (χ2n) is 6.21. The molecule has 2 heteroatoms. The fourth-order valence-corrected chi connectivity index (χ4v) is 3.10. The Hall–Kier alpha value is -1.18. The lowest BCUT2D eigenvalue weighted by Gasteiger charge is -2.35. The van der Waals surface area contributed by atoms with Crippen LogP contribution in [0.15, 0.2) is 24.3 Å². The summed E-state index contributed by atoms with van der Waals surface area (Å²) in [6.45, 7) is 5.62. The average Bonchev–Trinajstić information content (AvgIpc) is 2.64. The zero-order valence-electron chi connectivity index (χ0n) is 12.3. The lowest BCUT2D eigenvalue weighted by Crippen LogP contribution is -2.37. The van der Waals surface area contributed by atoms with Gasteiger partial charge in [0.05, 0.1) is 0 Å². The quantitative estimate of drug-likeness (QED) is 0.802. The number of hydrogen-bond acceptors (Lipinski definition) is 2. The van der Waals surface area contributed by atoms with Crippen LogP contribution in [0.4, 0.5) is 5.69 Å². The van der Waals surface area contributed by atoms with Gasteiger partial charge in [-0.3, -0.25) is 0 Å². The summed E-state index contributed by atoms with van der Waals surface area (Å²) in [7, 11) is 0. The lowest BCUT2D eigenvalue weighted by atomic mass is 10.0. The highest BCUT2D eigenvalue weighted by Gasteiger charge is 2.21. The highest BCUT2D eigenvalue weighted by molar-refractivity contribution is 5.51. The van der Waals surface area contributed by atoms with Crippen LogP contribution in [-0.4, -0.2) is 17.7 Å². The van der Waals surface area contributed by atoms with Crippen LogP contribution in [0, 0.1) is 5.92 Å². The number of rotatable bonds is 4. The monoisotopic (exact) mass is 261 g/mol. The molecule has 1 aliphatic rings. The molecule has 0 aliphatic heterocycles. The Morgan fingerprint density at radius 3 is 2.42 bits per heavy atom. The van der Waals surface area contributed by atoms with Crippen LogP contribution in [-0.2, 0) is 0 Å². The highest BCUT2D eigenvalue weighted by atomic mass is 16.3. The van der Waals surface area contributed by atoms with Gasteiger partial charge in [-0.15, -0.1) is 0 Å². The predicted octanol–water partition coefficient (Wildman–Crippen LogP) is 4.58. The molecule has 0 radical (unpaired) electrons. The summed E-state index contributed by atoms with van der Waals surface area (Å²) in [5.41, 5.74) is 1.18. The number of phenolic OH excluding ortho intramolecular Hbond substituents is 1. The van der Waals surface area contributed by atoms with Gasteiger partial charge in [-0.25, -0.2) is 0 Å². The van der Waals surface area contributed by atoms with Gasteiger partial charge in [0.25, 0.3) is 0 Å². The topological polar surface area (TPSA) is 23.5 Å². The standard InChI is InChI=1S/C17H27NO/c1-14(2)13-18(15-8-5-3-4-6-9-15)16-10-7-11-17(19)12-16/h7,10-12,14-15,19H,3-6,8-9,13H2,1-2H3. The van der Waals surface area contributed by atoms with Crippen LogP contribution < -0.4 is 4.90 Å². The van der Waals surface area contributed by atoms with Gasteiger partial charge in [0.15, 0.2) is 0 Å². The predicted molar refractivity (Wildman–Crippen MR) is 81.8 cm³/mol. The third-order valence-electron chi connectivity index (χ3n) is 3.99. The van der Waals surface area contributed by atoms with E-state index < -0.39 is 0 Å². The Morgan fingerprint density at radius 2 is 1.84 bits per heavy atom. The summed E-state index contributed by atoms with van der Waals surface area (Å²) in [5, 5.41) is 9.72. The molecule has 1 saturated carbocycles. The first-order valence-electron chi connectivity index (χ1n) is 7.72. The van der Waals surface area contributed by atoms with Crippen molar-refractivity contribution in [3.63, 3.8) is 0 Å². The molecule has 2 nitrogen and oxygen atoms in total. The van der Waals surface area contributed by atoms with E-state index in [9.17, 15) is 5.11 Å². The minimum atomic E-state index is 0.375. The lowest BCUT2D eigenvalue weighted by molar-refractivity contribution is 0.469. The van der Waals surface area contributed by atoms with Crippen molar-refractivity contribution in [1.82, 2.24) is 0 Å². The zero-order valence-corrected chi connectivity index (χ0v) is 12.3. The summed E-state index contributed by atoms with van der Waals surface area (Å²) in [6, 6.07) is 8.39. The second kappa shape index (κ2) is 6.83. The van der Waals surface area contributed by atoms with E-state index in [1.807, 2.05) is 12.1 Å². The van der Waals surface area contributed by atoms with E-state index in [0.717, 1.165) is 6.54 Å². The van der Waals surface area contributed by atoms with Gasteiger partial charge in [-0.2, -0.15) is 0 Å². The molecule has 0 heterocycles. The maximum Gasteiger partial charge on any atom is 0.117 e. The molecule has 19 heavy (non-hydrogen) atoms. The number of hydrogen-bond donors (Lipinski definition) is 1. The van der Waals surface area contributed by atoms with Gasteiger partial charge in [0.2, 0.25) is 0 Å². The van der Waals surface area contributed by atoms with Crippen LogP contribution >= 0.6 is 0 Å². The van der Waals surface area contributed by atoms with Crippen molar-refractivity contribution in [2.24, 2.45) is 5.92 Å². The molecule has 1 aromatic carbocycles. The smallest absolute Gasteiger partial charge is 0.117 e. The molecule has 1 aliphatic carbocycles. The fourth-order valence-electron chi connectivity index (χ4n) is 3.10. The minimum absolute atomic E-state index is 0.375. The number of aromatic hydroxyl groups is 1. The zero-order chi connectivity index (χ0) is 13.7. The van der Waals surface area contributed by atoms with E-state index in [-0.39, 0.29) is 0 Å². The van der Waals surface area contributed by atoms with Crippen molar-refractivity contribution in [3.8, 4) is 5.75 Å². The molecule has 2 rings (SSSR count). The summed E-state index contributed by atoms with van der Waals surface area (Å²) in [6.07, 6.45) is 8.04. The van der Waals surface area contributed by atoms with E-state index in [4.69, 9.17) is 0 Å². The Kier molecular flexibility index (Phi) is 5.12. The van der Waals surface area contributed by atoms with Crippen molar-refractivity contribution in [1.29, 1.82) is 0 Å². The molecule has 0 unspecified atom stereocenters. The van der Waals surface area contributed by atoms with Gasteiger partial charge in [0.1, 0.15) is 5.75 Å². The molecule has 0 spiro atoms. The van der Waals surface area contributed by atoms with Crippen LogP contribution in [0.2, 0.25) is 0 Å². The normalized spacial score (nSPS) is 17.4. The van der Waals surface area contributed by atoms with Crippen molar-refractivity contribution >= 4 is 5.69 Å². The van der Waals surface area contributed by atoms with E-state index in [2.05, 4.69) is 24.8 Å². The molecule has 0 bridgehead atoms. The number of nitrogens with zero attached hydrogens (tertiary/aromatic N) is 1. The summed E-state index contributed by atoms with van der Waals surface area (Å²) in [4.78, 5) is 2.52. The summed E-state index contributed by atoms with van der Waals surface area (Å²) >= 11 is 0. The first-order valence-corrected chi connectivity index (χ1v) is 7.72. The average molecular weight is 261 g/mol. The first kappa shape index (κ1) is 14.2. The van der Waals surface area contributed by atoms with Gasteiger partial charge < -0.3 is 10.0 Å². The molecular weight excluding hydrogens is 234 g/mol. The molecule has 1 fully saturated rings. The van der Waals surface area contributed by atoms with E-state index in [1.54, 1.807) is 6.07 Å². The van der Waals surface area contributed by atoms with Crippen molar-refractivity contribution in [3.05, 3.63) is 24.3 Å². The molecule has 1 aromatic rings. The Bertz CT molecular complexity index is 381. The molecule has 0 saturated heterocycles. The van der Waals surface area contributed by atoms with Crippen LogP contribution in [0.25, 0.3) is 0 Å². The highest BCUT2D eigenvalue weighted by Crippen LogP contribution is 2.29. The van der Waals surface area contributed by atoms with E-state index >= 15 is 0 Å². The van der Waals surface area contributed by atoms with Gasteiger partial charge in [0, 0.05) is 24.3 Å². The van der Waals surface area contributed by atoms with Crippen LogP contribution in [0.1, 0.15) is 52.4 Å². The van der Waals surface area contributed by atoms with Crippen molar-refractivity contribution < 1.29 is 5.11 Å². The third kappa shape index (κ3) is 4.15. The SMILES string of the molecule is CC(C)CN(c1cccc(O)c1)C1CCCCCC1. The third-order valence-corrected chi connectivity index (χ3v) is 3.99. The molecule has 0 aromatic heterocycles. The van der Waals surface area contributed by atoms with Gasteiger partial charge in [-0.1, -0.05) is 45.6 Å². The fraction of sp³-hybridized carbons (Fsp3) is 0.647. The minimum Gasteiger partial charge on any atom is -0.508 e. The van der Waals surface area contributed by atoms with Crippen LogP contribution in [0.5, 0.6) is 5.75 Å². The Balaban J connectivity index is 2.18. The Morgan fingerprint density at radius 1 is 1.16 bits per heavy atom. The maximum atomic E-state index is 9.72. The van der Waals surface area contributed by atoms with Crippen molar-refractivity contribution in [2.75, 3.05) is 11.4 Å². The molecule has 106 valence electrons. The largest absolute Gasteiger partial charge is 0.508 e. The summed E-state index contributed by atoms with van der Waals surface area (Å²) < 4.78 is 0.